The highest BCUT2D eigenvalue weighted by atomic mass is 16.3. The summed E-state index contributed by atoms with van der Waals surface area (Å²) >= 11 is 0. The van der Waals surface area contributed by atoms with Crippen molar-refractivity contribution in [3.05, 3.63) is 65.7 Å². The Morgan fingerprint density at radius 2 is 1.97 bits per heavy atom. The van der Waals surface area contributed by atoms with Gasteiger partial charge in [-0.15, -0.1) is 5.10 Å². The van der Waals surface area contributed by atoms with Crippen molar-refractivity contribution in [1.82, 2.24) is 20.3 Å². The standard InChI is InChI=1S/C25H32N4O2/c1-5-6-9-14-25(3,4)20-12-13-23(30)19(15-20)16-26-24(31)18(2)17-29-22-11-8-7-10-21(22)27-28-29/h7-8,10-13,15,30H,2,5-6,9,14,16-17H2,1,3-4H3,(H,26,31). The molecule has 0 atom stereocenters. The third-order valence-electron chi connectivity index (χ3n) is 5.79. The van der Waals surface area contributed by atoms with Gasteiger partial charge in [-0.2, -0.15) is 0 Å². The van der Waals surface area contributed by atoms with Crippen molar-refractivity contribution < 1.29 is 9.90 Å². The molecule has 31 heavy (non-hydrogen) atoms. The Morgan fingerprint density at radius 1 is 1.19 bits per heavy atom. The lowest BCUT2D eigenvalue weighted by atomic mass is 9.79. The van der Waals surface area contributed by atoms with E-state index in [0.29, 0.717) is 11.1 Å². The van der Waals surface area contributed by atoms with Gasteiger partial charge in [0, 0.05) is 17.7 Å². The van der Waals surface area contributed by atoms with E-state index in [9.17, 15) is 9.90 Å². The van der Waals surface area contributed by atoms with Crippen LogP contribution in [0.3, 0.4) is 0 Å². The monoisotopic (exact) mass is 420 g/mol. The number of aromatic hydroxyl groups is 1. The van der Waals surface area contributed by atoms with Gasteiger partial charge in [-0.1, -0.05) is 70.0 Å². The molecule has 0 radical (unpaired) electrons. The summed E-state index contributed by atoms with van der Waals surface area (Å²) < 4.78 is 1.66. The zero-order chi connectivity index (χ0) is 22.4. The molecule has 1 amide bonds. The van der Waals surface area contributed by atoms with Crippen molar-refractivity contribution in [2.75, 3.05) is 0 Å². The zero-order valence-corrected chi connectivity index (χ0v) is 18.7. The molecule has 0 saturated carbocycles. The third-order valence-corrected chi connectivity index (χ3v) is 5.79. The SMILES string of the molecule is C=C(Cn1nnc2ccccc21)C(=O)NCc1cc(C(C)(C)CCCCC)ccc1O. The maximum atomic E-state index is 12.6. The minimum Gasteiger partial charge on any atom is -0.508 e. The van der Waals surface area contributed by atoms with Crippen LogP contribution in [0.4, 0.5) is 0 Å². The molecular formula is C25H32N4O2. The lowest BCUT2D eigenvalue weighted by Gasteiger charge is -2.26. The van der Waals surface area contributed by atoms with E-state index < -0.39 is 0 Å². The van der Waals surface area contributed by atoms with Crippen LogP contribution in [0.25, 0.3) is 11.0 Å². The Balaban J connectivity index is 1.63. The first-order valence-electron chi connectivity index (χ1n) is 10.9. The number of benzene rings is 2. The van der Waals surface area contributed by atoms with E-state index >= 15 is 0 Å². The minimum absolute atomic E-state index is 0.0133. The van der Waals surface area contributed by atoms with Crippen molar-refractivity contribution in [3.8, 4) is 5.75 Å². The fourth-order valence-corrected chi connectivity index (χ4v) is 3.70. The Bertz CT molecular complexity index is 1070. The number of nitrogens with zero attached hydrogens (tertiary/aromatic N) is 3. The summed E-state index contributed by atoms with van der Waals surface area (Å²) in [6.07, 6.45) is 4.66. The van der Waals surface area contributed by atoms with Crippen molar-refractivity contribution in [3.63, 3.8) is 0 Å². The molecule has 0 saturated heterocycles. The molecule has 0 bridgehead atoms. The molecule has 3 rings (SSSR count). The molecule has 0 aliphatic rings. The summed E-state index contributed by atoms with van der Waals surface area (Å²) in [4.78, 5) is 12.6. The average molecular weight is 421 g/mol. The van der Waals surface area contributed by atoms with Crippen LogP contribution in [0, 0.1) is 0 Å². The van der Waals surface area contributed by atoms with E-state index in [-0.39, 0.29) is 30.2 Å². The summed E-state index contributed by atoms with van der Waals surface area (Å²) in [5.74, 6) is -0.0899. The Labute approximate surface area is 184 Å². The second-order valence-electron chi connectivity index (χ2n) is 8.71. The summed E-state index contributed by atoms with van der Waals surface area (Å²) in [7, 11) is 0. The summed E-state index contributed by atoms with van der Waals surface area (Å²) in [6.45, 7) is 11.0. The smallest absolute Gasteiger partial charge is 0.248 e. The van der Waals surface area contributed by atoms with E-state index in [1.54, 1.807) is 10.7 Å². The molecule has 2 aromatic carbocycles. The van der Waals surface area contributed by atoms with Gasteiger partial charge in [-0.05, 0) is 41.7 Å². The van der Waals surface area contributed by atoms with Crippen molar-refractivity contribution in [1.29, 1.82) is 0 Å². The molecule has 164 valence electrons. The molecule has 0 unspecified atom stereocenters. The number of carbonyl (C=O) groups excluding carboxylic acids is 1. The molecule has 0 aliphatic carbocycles. The number of phenolic OH excluding ortho intramolecular Hbond substituents is 1. The number of hydrogen-bond acceptors (Lipinski definition) is 4. The van der Waals surface area contributed by atoms with E-state index in [0.717, 1.165) is 17.5 Å². The molecule has 3 aromatic rings. The molecule has 1 aromatic heterocycles. The molecule has 1 heterocycles. The molecule has 6 nitrogen and oxygen atoms in total. The summed E-state index contributed by atoms with van der Waals surface area (Å²) in [5, 5.41) is 21.4. The van der Waals surface area contributed by atoms with Gasteiger partial charge < -0.3 is 10.4 Å². The van der Waals surface area contributed by atoms with Crippen LogP contribution < -0.4 is 5.32 Å². The van der Waals surface area contributed by atoms with E-state index in [2.05, 4.69) is 43.0 Å². The highest BCUT2D eigenvalue weighted by molar-refractivity contribution is 5.92. The Kier molecular flexibility index (Phi) is 7.10. The molecular weight excluding hydrogens is 388 g/mol. The maximum absolute atomic E-state index is 12.6. The topological polar surface area (TPSA) is 80.0 Å². The highest BCUT2D eigenvalue weighted by Gasteiger charge is 2.21. The maximum Gasteiger partial charge on any atom is 0.248 e. The number of hydrogen-bond donors (Lipinski definition) is 2. The quantitative estimate of drug-likeness (QED) is 0.362. The minimum atomic E-state index is -0.272. The fraction of sp³-hybridized carbons (Fsp3) is 0.400. The van der Waals surface area contributed by atoms with Gasteiger partial charge >= 0.3 is 0 Å². The summed E-state index contributed by atoms with van der Waals surface area (Å²) in [6, 6.07) is 13.3. The number of fused-ring (bicyclic) bond motifs is 1. The number of rotatable bonds is 10. The van der Waals surface area contributed by atoms with Crippen LogP contribution in [-0.2, 0) is 23.3 Å². The Morgan fingerprint density at radius 3 is 2.74 bits per heavy atom. The number of nitrogens with one attached hydrogen (secondary N) is 1. The van der Waals surface area contributed by atoms with Gasteiger partial charge in [0.15, 0.2) is 0 Å². The van der Waals surface area contributed by atoms with Crippen LogP contribution in [0.5, 0.6) is 5.75 Å². The molecule has 2 N–H and O–H groups in total. The number of phenols is 1. The second kappa shape index (κ2) is 9.77. The first-order chi connectivity index (χ1) is 14.8. The van der Waals surface area contributed by atoms with Gasteiger partial charge in [-0.25, -0.2) is 4.68 Å². The number of carbonyl (C=O) groups is 1. The van der Waals surface area contributed by atoms with Gasteiger partial charge in [0.25, 0.3) is 0 Å². The second-order valence-corrected chi connectivity index (χ2v) is 8.71. The van der Waals surface area contributed by atoms with Crippen LogP contribution in [0.1, 0.15) is 57.6 Å². The first-order valence-corrected chi connectivity index (χ1v) is 10.9. The zero-order valence-electron chi connectivity index (χ0n) is 18.7. The third kappa shape index (κ3) is 5.51. The number of aromatic nitrogens is 3. The van der Waals surface area contributed by atoms with Crippen molar-refractivity contribution >= 4 is 16.9 Å². The van der Waals surface area contributed by atoms with Gasteiger partial charge in [0.1, 0.15) is 11.3 Å². The molecule has 0 fully saturated rings. The summed E-state index contributed by atoms with van der Waals surface area (Å²) in [5.41, 5.74) is 3.89. The number of unbranched alkanes of at least 4 members (excludes halogenated alkanes) is 2. The molecule has 0 spiro atoms. The van der Waals surface area contributed by atoms with Gasteiger partial charge in [-0.3, -0.25) is 4.79 Å². The Hall–Kier alpha value is -3.15. The molecule has 0 aliphatic heterocycles. The van der Waals surface area contributed by atoms with E-state index in [4.69, 9.17) is 0 Å². The fourth-order valence-electron chi connectivity index (χ4n) is 3.70. The van der Waals surface area contributed by atoms with Gasteiger partial charge in [0.05, 0.1) is 12.1 Å². The lowest BCUT2D eigenvalue weighted by molar-refractivity contribution is -0.117. The number of amides is 1. The predicted octanol–water partition coefficient (Wildman–Crippen LogP) is 4.87. The van der Waals surface area contributed by atoms with E-state index in [1.807, 2.05) is 36.4 Å². The average Bonchev–Trinajstić information content (AvgIpc) is 3.15. The van der Waals surface area contributed by atoms with E-state index in [1.165, 1.54) is 24.8 Å². The van der Waals surface area contributed by atoms with Crippen LogP contribution in [0.2, 0.25) is 0 Å². The van der Waals surface area contributed by atoms with Gasteiger partial charge in [0.2, 0.25) is 5.91 Å². The van der Waals surface area contributed by atoms with Crippen molar-refractivity contribution in [2.24, 2.45) is 0 Å². The van der Waals surface area contributed by atoms with Crippen LogP contribution in [0.15, 0.2) is 54.6 Å². The largest absolute Gasteiger partial charge is 0.508 e. The first kappa shape index (κ1) is 22.5. The lowest BCUT2D eigenvalue weighted by Crippen LogP contribution is -2.26. The van der Waals surface area contributed by atoms with Crippen LogP contribution >= 0.6 is 0 Å². The number of para-hydroxylation sites is 1. The van der Waals surface area contributed by atoms with Crippen LogP contribution in [-0.4, -0.2) is 26.0 Å². The predicted molar refractivity (Wildman–Crippen MR) is 124 cm³/mol. The normalized spacial score (nSPS) is 11.6. The molecule has 6 heteroatoms. The van der Waals surface area contributed by atoms with Crippen molar-refractivity contribution in [2.45, 2.75) is 65.0 Å². The highest BCUT2D eigenvalue weighted by Crippen LogP contribution is 2.32.